The van der Waals surface area contributed by atoms with Crippen LogP contribution in [0.15, 0.2) is 53.1 Å². The molecule has 2 aromatic rings. The molecule has 0 aliphatic rings. The lowest BCUT2D eigenvalue weighted by Crippen LogP contribution is -2.30. The van der Waals surface area contributed by atoms with Crippen molar-refractivity contribution in [3.8, 4) is 0 Å². The van der Waals surface area contributed by atoms with Crippen LogP contribution in [0.4, 0.5) is 0 Å². The van der Waals surface area contributed by atoms with E-state index >= 15 is 0 Å². The normalized spacial score (nSPS) is 11.8. The molecule has 0 fully saturated rings. The molecule has 1 N–H and O–H groups in total. The standard InChI is InChI=1S/C14H13NO3/c16-10-13(11-5-2-1-3-6-11)15-14(17)9-12-7-4-8-18-12/h1-8,10,13H,9H2,(H,15,17). The maximum absolute atomic E-state index is 11.7. The largest absolute Gasteiger partial charge is 0.469 e. The number of aldehydes is 1. The number of hydrogen-bond donors (Lipinski definition) is 1. The molecule has 1 atom stereocenters. The highest BCUT2D eigenvalue weighted by atomic mass is 16.3. The fourth-order valence-electron chi connectivity index (χ4n) is 1.65. The molecule has 2 rings (SSSR count). The van der Waals surface area contributed by atoms with E-state index in [-0.39, 0.29) is 12.3 Å². The quantitative estimate of drug-likeness (QED) is 0.816. The first-order chi connectivity index (χ1) is 8.79. The van der Waals surface area contributed by atoms with E-state index in [9.17, 15) is 9.59 Å². The van der Waals surface area contributed by atoms with Gasteiger partial charge in [0.25, 0.3) is 0 Å². The molecule has 0 bridgehead atoms. The van der Waals surface area contributed by atoms with Gasteiger partial charge in [-0.15, -0.1) is 0 Å². The van der Waals surface area contributed by atoms with Gasteiger partial charge in [-0.25, -0.2) is 0 Å². The summed E-state index contributed by atoms with van der Waals surface area (Å²) < 4.78 is 5.08. The van der Waals surface area contributed by atoms with Crippen molar-refractivity contribution in [3.05, 3.63) is 60.1 Å². The summed E-state index contributed by atoms with van der Waals surface area (Å²) in [6, 6.07) is 11.9. The molecule has 1 heterocycles. The Morgan fingerprint density at radius 3 is 2.61 bits per heavy atom. The average Bonchev–Trinajstić information content (AvgIpc) is 2.90. The number of carbonyl (C=O) groups is 2. The summed E-state index contributed by atoms with van der Waals surface area (Å²) >= 11 is 0. The highest BCUT2D eigenvalue weighted by Gasteiger charge is 2.14. The number of benzene rings is 1. The van der Waals surface area contributed by atoms with Crippen molar-refractivity contribution >= 4 is 12.2 Å². The third-order valence-corrected chi connectivity index (χ3v) is 2.53. The summed E-state index contributed by atoms with van der Waals surface area (Å²) in [5.41, 5.74) is 0.764. The van der Waals surface area contributed by atoms with Gasteiger partial charge in [-0.1, -0.05) is 30.3 Å². The Hall–Kier alpha value is -2.36. The fraction of sp³-hybridized carbons (Fsp3) is 0.143. The van der Waals surface area contributed by atoms with Gasteiger partial charge in [0.2, 0.25) is 5.91 Å². The number of rotatable bonds is 5. The van der Waals surface area contributed by atoms with Crippen LogP contribution in [0, 0.1) is 0 Å². The van der Waals surface area contributed by atoms with Gasteiger partial charge in [-0.3, -0.25) is 4.79 Å². The lowest BCUT2D eigenvalue weighted by molar-refractivity contribution is -0.123. The van der Waals surface area contributed by atoms with Gasteiger partial charge in [0, 0.05) is 0 Å². The Balaban J connectivity index is 1.99. The minimum atomic E-state index is -0.617. The van der Waals surface area contributed by atoms with Gasteiger partial charge in [0.05, 0.1) is 12.7 Å². The Morgan fingerprint density at radius 2 is 2.00 bits per heavy atom. The van der Waals surface area contributed by atoms with Crippen LogP contribution in [0.3, 0.4) is 0 Å². The van der Waals surface area contributed by atoms with Crippen LogP contribution in [-0.2, 0) is 16.0 Å². The average molecular weight is 243 g/mol. The SMILES string of the molecule is O=CC(NC(=O)Cc1ccco1)c1ccccc1. The molecule has 18 heavy (non-hydrogen) atoms. The first-order valence-electron chi connectivity index (χ1n) is 5.61. The van der Waals surface area contributed by atoms with Crippen LogP contribution in [0.25, 0.3) is 0 Å². The zero-order valence-corrected chi connectivity index (χ0v) is 9.71. The molecule has 0 radical (unpaired) electrons. The molecule has 1 aromatic heterocycles. The molecule has 1 unspecified atom stereocenters. The number of carbonyl (C=O) groups excluding carboxylic acids is 2. The van der Waals surface area contributed by atoms with Crippen LogP contribution in [0.2, 0.25) is 0 Å². The predicted molar refractivity (Wildman–Crippen MR) is 65.8 cm³/mol. The van der Waals surface area contributed by atoms with Gasteiger partial charge >= 0.3 is 0 Å². The second-order valence-corrected chi connectivity index (χ2v) is 3.85. The van der Waals surface area contributed by atoms with E-state index in [0.29, 0.717) is 5.76 Å². The number of hydrogen-bond acceptors (Lipinski definition) is 3. The molecule has 1 amide bonds. The summed E-state index contributed by atoms with van der Waals surface area (Å²) in [4.78, 5) is 22.7. The zero-order chi connectivity index (χ0) is 12.8. The second-order valence-electron chi connectivity index (χ2n) is 3.85. The van der Waals surface area contributed by atoms with E-state index in [2.05, 4.69) is 5.32 Å². The maximum Gasteiger partial charge on any atom is 0.228 e. The molecule has 0 saturated heterocycles. The molecular formula is C14H13NO3. The van der Waals surface area contributed by atoms with Gasteiger partial charge in [-0.2, -0.15) is 0 Å². The predicted octanol–water partition coefficient (Wildman–Crippen LogP) is 1.88. The Morgan fingerprint density at radius 1 is 1.22 bits per heavy atom. The Bertz CT molecular complexity index is 505. The molecule has 0 spiro atoms. The smallest absolute Gasteiger partial charge is 0.228 e. The zero-order valence-electron chi connectivity index (χ0n) is 9.71. The first-order valence-corrected chi connectivity index (χ1v) is 5.61. The summed E-state index contributed by atoms with van der Waals surface area (Å²) in [5, 5.41) is 2.65. The Labute approximate surface area is 105 Å². The van der Waals surface area contributed by atoms with Crippen molar-refractivity contribution in [2.75, 3.05) is 0 Å². The third-order valence-electron chi connectivity index (χ3n) is 2.53. The van der Waals surface area contributed by atoms with E-state index in [4.69, 9.17) is 4.42 Å². The molecular weight excluding hydrogens is 230 g/mol. The van der Waals surface area contributed by atoms with Crippen LogP contribution in [-0.4, -0.2) is 12.2 Å². The summed E-state index contributed by atoms with van der Waals surface area (Å²) in [6.45, 7) is 0. The van der Waals surface area contributed by atoms with E-state index in [0.717, 1.165) is 11.8 Å². The molecule has 0 aliphatic heterocycles. The second kappa shape index (κ2) is 5.82. The van der Waals surface area contributed by atoms with E-state index in [1.54, 1.807) is 24.3 Å². The summed E-state index contributed by atoms with van der Waals surface area (Å²) in [6.07, 6.45) is 2.36. The third kappa shape index (κ3) is 3.07. The highest BCUT2D eigenvalue weighted by molar-refractivity contribution is 5.81. The summed E-state index contributed by atoms with van der Waals surface area (Å²) in [5.74, 6) is 0.330. The molecule has 92 valence electrons. The van der Waals surface area contributed by atoms with Crippen molar-refractivity contribution < 1.29 is 14.0 Å². The first kappa shape index (κ1) is 12.1. The minimum absolute atomic E-state index is 0.129. The highest BCUT2D eigenvalue weighted by Crippen LogP contribution is 2.10. The molecule has 4 nitrogen and oxygen atoms in total. The minimum Gasteiger partial charge on any atom is -0.469 e. The molecule has 4 heteroatoms. The monoisotopic (exact) mass is 243 g/mol. The number of amides is 1. The summed E-state index contributed by atoms with van der Waals surface area (Å²) in [7, 11) is 0. The lowest BCUT2D eigenvalue weighted by Gasteiger charge is -2.12. The van der Waals surface area contributed by atoms with E-state index < -0.39 is 6.04 Å². The van der Waals surface area contributed by atoms with Crippen molar-refractivity contribution in [1.82, 2.24) is 5.32 Å². The topological polar surface area (TPSA) is 59.3 Å². The van der Waals surface area contributed by atoms with Gasteiger partial charge in [0.15, 0.2) is 0 Å². The van der Waals surface area contributed by atoms with Crippen molar-refractivity contribution in [2.24, 2.45) is 0 Å². The van der Waals surface area contributed by atoms with E-state index in [1.165, 1.54) is 6.26 Å². The van der Waals surface area contributed by atoms with Gasteiger partial charge in [0.1, 0.15) is 18.1 Å². The maximum atomic E-state index is 11.7. The Kier molecular flexibility index (Phi) is 3.91. The van der Waals surface area contributed by atoms with Crippen LogP contribution < -0.4 is 5.32 Å². The van der Waals surface area contributed by atoms with Gasteiger partial charge in [-0.05, 0) is 17.7 Å². The molecule has 0 aliphatic carbocycles. The van der Waals surface area contributed by atoms with Gasteiger partial charge < -0.3 is 14.5 Å². The van der Waals surface area contributed by atoms with Crippen LogP contribution in [0.1, 0.15) is 17.4 Å². The molecule has 1 aromatic carbocycles. The van der Waals surface area contributed by atoms with Crippen molar-refractivity contribution in [3.63, 3.8) is 0 Å². The lowest BCUT2D eigenvalue weighted by atomic mass is 10.1. The van der Waals surface area contributed by atoms with Crippen LogP contribution >= 0.6 is 0 Å². The fourth-order valence-corrected chi connectivity index (χ4v) is 1.65. The van der Waals surface area contributed by atoms with Crippen molar-refractivity contribution in [1.29, 1.82) is 0 Å². The number of furan rings is 1. The van der Waals surface area contributed by atoms with Crippen molar-refractivity contribution in [2.45, 2.75) is 12.5 Å². The van der Waals surface area contributed by atoms with Crippen LogP contribution in [0.5, 0.6) is 0 Å². The number of nitrogens with one attached hydrogen (secondary N) is 1. The van der Waals surface area contributed by atoms with E-state index in [1.807, 2.05) is 18.2 Å². The molecule has 0 saturated carbocycles.